The quantitative estimate of drug-likeness (QED) is 0.494. The molecule has 0 fully saturated rings. The topological polar surface area (TPSA) is 34.4 Å². The summed E-state index contributed by atoms with van der Waals surface area (Å²) in [5, 5.41) is 7.97. The molecule has 4 rings (SSSR count). The third-order valence-electron chi connectivity index (χ3n) is 4.95. The van der Waals surface area contributed by atoms with E-state index in [4.69, 9.17) is 16.7 Å². The fraction of sp³-hybridized carbons (Fsp3) is 0.125. The van der Waals surface area contributed by atoms with E-state index in [0.29, 0.717) is 6.04 Å². The number of nitrogens with two attached hydrogens (primary N) is 1. The zero-order valence-corrected chi connectivity index (χ0v) is 16.6. The molecule has 1 heterocycles. The van der Waals surface area contributed by atoms with Crippen LogP contribution in [0.4, 0.5) is 0 Å². The maximum atomic E-state index is 6.08. The van der Waals surface area contributed by atoms with E-state index in [1.807, 2.05) is 47.1 Å². The summed E-state index contributed by atoms with van der Waals surface area (Å²) in [7, 11) is 0. The van der Waals surface area contributed by atoms with Crippen LogP contribution >= 0.6 is 11.6 Å². The maximum Gasteiger partial charge on any atom is 0.109 e. The average Bonchev–Trinajstić information content (AvgIpc) is 3.18. The van der Waals surface area contributed by atoms with Crippen molar-refractivity contribution in [1.29, 1.82) is 0 Å². The van der Waals surface area contributed by atoms with Gasteiger partial charge in [0, 0.05) is 22.3 Å². The van der Waals surface area contributed by atoms with Gasteiger partial charge in [0.25, 0.3) is 0 Å². The molecule has 2 N–H and O–H groups in total. The predicted molar refractivity (Wildman–Crippen MR) is 114 cm³/mol. The summed E-state index contributed by atoms with van der Waals surface area (Å²) in [5.41, 5.74) is 5.66. The Labute approximate surface area is 170 Å². The highest BCUT2D eigenvalue weighted by Gasteiger charge is 2.16. The van der Waals surface area contributed by atoms with Crippen molar-refractivity contribution in [1.82, 2.24) is 9.78 Å². The SMILES string of the molecule is C[C@H]([NH2+]Cc1cn(-c2ccccc2)nc1-c1ccc(Cl)cc1)c1ccccc1. The lowest BCUT2D eigenvalue weighted by Crippen LogP contribution is -2.83. The summed E-state index contributed by atoms with van der Waals surface area (Å²) >= 11 is 6.08. The molecule has 0 unspecified atom stereocenters. The molecule has 0 bridgehead atoms. The standard InChI is InChI=1S/C24H22ClN3/c1-18(19-8-4-2-5-9-19)26-16-21-17-28(23-10-6-3-7-11-23)27-24(21)20-12-14-22(25)15-13-20/h2-15,17-18,26H,16H2,1H3/p+1/t18-/m0/s1. The Morgan fingerprint density at radius 1 is 0.893 bits per heavy atom. The van der Waals surface area contributed by atoms with Crippen molar-refractivity contribution in [3.05, 3.63) is 107 Å². The number of quaternary nitrogens is 1. The Morgan fingerprint density at radius 2 is 1.54 bits per heavy atom. The summed E-state index contributed by atoms with van der Waals surface area (Å²) in [4.78, 5) is 0. The van der Waals surface area contributed by atoms with Crippen LogP contribution in [0.15, 0.2) is 91.1 Å². The van der Waals surface area contributed by atoms with Gasteiger partial charge in [-0.3, -0.25) is 0 Å². The van der Waals surface area contributed by atoms with Crippen LogP contribution in [-0.2, 0) is 6.54 Å². The Balaban J connectivity index is 1.64. The van der Waals surface area contributed by atoms with Gasteiger partial charge in [0.15, 0.2) is 0 Å². The van der Waals surface area contributed by atoms with Crippen LogP contribution in [0, 0.1) is 0 Å². The molecule has 0 spiro atoms. The number of hydrogen-bond donors (Lipinski definition) is 1. The molecule has 3 nitrogen and oxygen atoms in total. The van der Waals surface area contributed by atoms with Crippen molar-refractivity contribution in [2.24, 2.45) is 0 Å². The van der Waals surface area contributed by atoms with Crippen LogP contribution in [-0.4, -0.2) is 9.78 Å². The molecule has 0 saturated carbocycles. The molecule has 0 aliphatic rings. The van der Waals surface area contributed by atoms with Crippen molar-refractivity contribution in [2.75, 3.05) is 0 Å². The van der Waals surface area contributed by atoms with E-state index in [1.165, 1.54) is 11.1 Å². The molecule has 4 aromatic rings. The van der Waals surface area contributed by atoms with E-state index < -0.39 is 0 Å². The number of para-hydroxylation sites is 1. The normalized spacial score (nSPS) is 12.1. The number of halogens is 1. The van der Waals surface area contributed by atoms with Crippen molar-refractivity contribution >= 4 is 11.6 Å². The zero-order chi connectivity index (χ0) is 19.3. The molecule has 0 aliphatic carbocycles. The van der Waals surface area contributed by atoms with Crippen LogP contribution in [0.1, 0.15) is 24.1 Å². The van der Waals surface area contributed by atoms with Crippen molar-refractivity contribution in [2.45, 2.75) is 19.5 Å². The third-order valence-corrected chi connectivity index (χ3v) is 5.20. The van der Waals surface area contributed by atoms with Gasteiger partial charge in [-0.15, -0.1) is 0 Å². The van der Waals surface area contributed by atoms with E-state index in [0.717, 1.165) is 28.5 Å². The highest BCUT2D eigenvalue weighted by atomic mass is 35.5. The van der Waals surface area contributed by atoms with Gasteiger partial charge in [-0.1, -0.05) is 72.3 Å². The van der Waals surface area contributed by atoms with Crippen LogP contribution in [0.25, 0.3) is 16.9 Å². The molecule has 0 saturated heterocycles. The third kappa shape index (κ3) is 4.16. The van der Waals surface area contributed by atoms with Gasteiger partial charge in [-0.2, -0.15) is 5.10 Å². The minimum absolute atomic E-state index is 0.374. The summed E-state index contributed by atoms with van der Waals surface area (Å²) in [5.74, 6) is 0. The molecule has 3 aromatic carbocycles. The summed E-state index contributed by atoms with van der Waals surface area (Å²) in [6.45, 7) is 3.08. The maximum absolute atomic E-state index is 6.08. The van der Waals surface area contributed by atoms with Gasteiger partial charge in [-0.25, -0.2) is 4.68 Å². The lowest BCUT2D eigenvalue weighted by atomic mass is 10.1. The average molecular weight is 389 g/mol. The van der Waals surface area contributed by atoms with E-state index in [2.05, 4.69) is 60.9 Å². The molecule has 140 valence electrons. The molecule has 0 radical (unpaired) electrons. The van der Waals surface area contributed by atoms with Crippen molar-refractivity contribution in [3.8, 4) is 16.9 Å². The molecular formula is C24H23ClN3+. The second kappa shape index (κ2) is 8.42. The minimum atomic E-state index is 0.374. The van der Waals surface area contributed by atoms with Crippen LogP contribution in [0.2, 0.25) is 5.02 Å². The lowest BCUT2D eigenvalue weighted by Gasteiger charge is -2.11. The number of rotatable bonds is 6. The van der Waals surface area contributed by atoms with E-state index in [1.54, 1.807) is 0 Å². The summed E-state index contributed by atoms with van der Waals surface area (Å²) in [6, 6.07) is 29.1. The molecule has 28 heavy (non-hydrogen) atoms. The fourth-order valence-electron chi connectivity index (χ4n) is 3.32. The molecular weight excluding hydrogens is 366 g/mol. The number of hydrogen-bond acceptors (Lipinski definition) is 1. The van der Waals surface area contributed by atoms with E-state index in [9.17, 15) is 0 Å². The zero-order valence-electron chi connectivity index (χ0n) is 15.8. The first-order chi connectivity index (χ1) is 13.7. The van der Waals surface area contributed by atoms with Gasteiger partial charge >= 0.3 is 0 Å². The first-order valence-corrected chi connectivity index (χ1v) is 9.86. The summed E-state index contributed by atoms with van der Waals surface area (Å²) < 4.78 is 1.96. The van der Waals surface area contributed by atoms with Gasteiger partial charge < -0.3 is 5.32 Å². The fourth-order valence-corrected chi connectivity index (χ4v) is 3.45. The van der Waals surface area contributed by atoms with Gasteiger partial charge in [0.1, 0.15) is 18.3 Å². The molecule has 1 aromatic heterocycles. The van der Waals surface area contributed by atoms with Crippen LogP contribution in [0.5, 0.6) is 0 Å². The van der Waals surface area contributed by atoms with Gasteiger partial charge in [0.05, 0.1) is 11.3 Å². The van der Waals surface area contributed by atoms with Crippen molar-refractivity contribution in [3.63, 3.8) is 0 Å². The van der Waals surface area contributed by atoms with Gasteiger partial charge in [-0.05, 0) is 31.2 Å². The van der Waals surface area contributed by atoms with Crippen LogP contribution < -0.4 is 5.32 Å². The largest absolute Gasteiger partial charge is 0.336 e. The molecule has 0 aliphatic heterocycles. The summed E-state index contributed by atoms with van der Waals surface area (Å²) in [6.07, 6.45) is 2.13. The van der Waals surface area contributed by atoms with E-state index in [-0.39, 0.29) is 0 Å². The molecule has 0 amide bonds. The van der Waals surface area contributed by atoms with E-state index >= 15 is 0 Å². The smallest absolute Gasteiger partial charge is 0.109 e. The Morgan fingerprint density at radius 3 is 2.21 bits per heavy atom. The second-order valence-corrected chi connectivity index (χ2v) is 7.37. The second-order valence-electron chi connectivity index (χ2n) is 6.93. The monoisotopic (exact) mass is 388 g/mol. The predicted octanol–water partition coefficient (Wildman–Crippen LogP) is 5.02. The first kappa shape index (κ1) is 18.5. The highest BCUT2D eigenvalue weighted by molar-refractivity contribution is 6.30. The lowest BCUT2D eigenvalue weighted by molar-refractivity contribution is -0.707. The first-order valence-electron chi connectivity index (χ1n) is 9.49. The molecule has 4 heteroatoms. The molecule has 1 atom stereocenters. The Hall–Kier alpha value is -2.88. The number of aromatic nitrogens is 2. The Bertz CT molecular complexity index is 1020. The van der Waals surface area contributed by atoms with Crippen molar-refractivity contribution < 1.29 is 5.32 Å². The van der Waals surface area contributed by atoms with Gasteiger partial charge in [0.2, 0.25) is 0 Å². The Kier molecular flexibility index (Phi) is 5.56. The number of benzene rings is 3. The minimum Gasteiger partial charge on any atom is -0.336 e. The van der Waals surface area contributed by atoms with Crippen LogP contribution in [0.3, 0.4) is 0 Å². The number of nitrogens with zero attached hydrogens (tertiary/aromatic N) is 2. The highest BCUT2D eigenvalue weighted by Crippen LogP contribution is 2.25.